The SMILES string of the molecule is C(Cc1ccccc1)=NNc1nn[nH]n1. The number of anilines is 1. The summed E-state index contributed by atoms with van der Waals surface area (Å²) in [6.45, 7) is 0. The summed E-state index contributed by atoms with van der Waals surface area (Å²) < 4.78 is 0. The zero-order valence-electron chi connectivity index (χ0n) is 7.96. The van der Waals surface area contributed by atoms with Gasteiger partial charge in [0.15, 0.2) is 0 Å². The molecule has 0 aliphatic heterocycles. The Balaban J connectivity index is 1.81. The number of hydrazone groups is 1. The zero-order chi connectivity index (χ0) is 10.3. The van der Waals surface area contributed by atoms with E-state index in [4.69, 9.17) is 0 Å². The van der Waals surface area contributed by atoms with Gasteiger partial charge in [0.05, 0.1) is 0 Å². The van der Waals surface area contributed by atoms with Crippen LogP contribution in [0, 0.1) is 0 Å². The Labute approximate surface area is 86.4 Å². The summed E-state index contributed by atoms with van der Waals surface area (Å²) in [7, 11) is 0. The molecule has 0 saturated heterocycles. The summed E-state index contributed by atoms with van der Waals surface area (Å²) in [6.07, 6.45) is 2.53. The van der Waals surface area contributed by atoms with E-state index in [-0.39, 0.29) is 0 Å². The highest BCUT2D eigenvalue weighted by atomic mass is 15.5. The van der Waals surface area contributed by atoms with Crippen molar-refractivity contribution in [1.29, 1.82) is 0 Å². The van der Waals surface area contributed by atoms with Crippen LogP contribution in [0.1, 0.15) is 5.56 Å². The average molecular weight is 202 g/mol. The Kier molecular flexibility index (Phi) is 3.01. The number of tetrazole rings is 1. The standard InChI is InChI=1S/C9H10N6/c1-2-4-8(5-3-1)6-7-10-11-9-12-14-15-13-9/h1-5,7H,6H2,(H2,11,12,13,14,15). The number of H-pyrrole nitrogens is 1. The fraction of sp³-hybridized carbons (Fsp3) is 0.111. The average Bonchev–Trinajstić information content (AvgIpc) is 2.79. The highest BCUT2D eigenvalue weighted by Crippen LogP contribution is 1.97. The number of nitrogens with zero attached hydrogens (tertiary/aromatic N) is 4. The van der Waals surface area contributed by atoms with Gasteiger partial charge in [-0.3, -0.25) is 0 Å². The minimum Gasteiger partial charge on any atom is -0.243 e. The van der Waals surface area contributed by atoms with Crippen LogP contribution in [-0.2, 0) is 6.42 Å². The third-order valence-corrected chi connectivity index (χ3v) is 1.77. The monoisotopic (exact) mass is 202 g/mol. The summed E-state index contributed by atoms with van der Waals surface area (Å²) in [5.41, 5.74) is 3.85. The topological polar surface area (TPSA) is 78.9 Å². The van der Waals surface area contributed by atoms with Gasteiger partial charge in [0.25, 0.3) is 5.95 Å². The zero-order valence-corrected chi connectivity index (χ0v) is 7.96. The first kappa shape index (κ1) is 9.32. The van der Waals surface area contributed by atoms with Gasteiger partial charge in [0.2, 0.25) is 0 Å². The largest absolute Gasteiger partial charge is 0.283 e. The smallest absolute Gasteiger partial charge is 0.243 e. The first-order chi connectivity index (χ1) is 7.45. The van der Waals surface area contributed by atoms with Crippen LogP contribution in [0.3, 0.4) is 0 Å². The lowest BCUT2D eigenvalue weighted by Gasteiger charge is -1.93. The van der Waals surface area contributed by atoms with Gasteiger partial charge in [-0.05, 0) is 10.8 Å². The minimum absolute atomic E-state index is 0.360. The molecule has 2 aromatic rings. The Morgan fingerprint density at radius 3 is 2.93 bits per heavy atom. The van der Waals surface area contributed by atoms with E-state index in [1.807, 2.05) is 30.3 Å². The summed E-state index contributed by atoms with van der Waals surface area (Å²) >= 11 is 0. The lowest BCUT2D eigenvalue weighted by Crippen LogP contribution is -1.93. The lowest BCUT2D eigenvalue weighted by atomic mass is 10.2. The first-order valence-corrected chi connectivity index (χ1v) is 4.50. The number of aromatic nitrogens is 4. The van der Waals surface area contributed by atoms with Crippen molar-refractivity contribution in [3.8, 4) is 0 Å². The van der Waals surface area contributed by atoms with Gasteiger partial charge in [-0.15, -0.1) is 5.10 Å². The van der Waals surface area contributed by atoms with E-state index in [2.05, 4.69) is 31.2 Å². The van der Waals surface area contributed by atoms with Crippen LogP contribution < -0.4 is 5.43 Å². The second-order valence-corrected chi connectivity index (χ2v) is 2.85. The van der Waals surface area contributed by atoms with Crippen LogP contribution in [0.25, 0.3) is 0 Å². The molecule has 0 amide bonds. The van der Waals surface area contributed by atoms with E-state index in [1.54, 1.807) is 6.21 Å². The Bertz CT molecular complexity index is 407. The summed E-state index contributed by atoms with van der Waals surface area (Å²) in [5, 5.41) is 17.0. The molecule has 2 rings (SSSR count). The molecule has 1 heterocycles. The van der Waals surface area contributed by atoms with Crippen molar-refractivity contribution in [1.82, 2.24) is 20.6 Å². The summed E-state index contributed by atoms with van der Waals surface area (Å²) in [5.74, 6) is 0.360. The van der Waals surface area contributed by atoms with Gasteiger partial charge in [-0.25, -0.2) is 5.43 Å². The molecule has 0 fully saturated rings. The maximum Gasteiger partial charge on any atom is 0.283 e. The fourth-order valence-corrected chi connectivity index (χ4v) is 1.08. The van der Waals surface area contributed by atoms with E-state index in [0.29, 0.717) is 5.95 Å². The molecule has 0 spiro atoms. The quantitative estimate of drug-likeness (QED) is 0.568. The third-order valence-electron chi connectivity index (χ3n) is 1.77. The molecule has 1 aromatic carbocycles. The maximum atomic E-state index is 3.95. The molecule has 1 aromatic heterocycles. The molecule has 0 unspecified atom stereocenters. The number of hydrogen-bond acceptors (Lipinski definition) is 5. The Hall–Kier alpha value is -2.24. The van der Waals surface area contributed by atoms with Gasteiger partial charge in [-0.1, -0.05) is 35.4 Å². The molecule has 0 aliphatic rings. The van der Waals surface area contributed by atoms with Crippen molar-refractivity contribution in [2.24, 2.45) is 5.10 Å². The van der Waals surface area contributed by atoms with Gasteiger partial charge in [-0.2, -0.15) is 10.3 Å². The molecular weight excluding hydrogens is 192 g/mol. The molecular formula is C9H10N6. The number of hydrogen-bond donors (Lipinski definition) is 2. The van der Waals surface area contributed by atoms with Crippen molar-refractivity contribution < 1.29 is 0 Å². The summed E-state index contributed by atoms with van der Waals surface area (Å²) in [4.78, 5) is 0. The van der Waals surface area contributed by atoms with Crippen molar-refractivity contribution in [2.45, 2.75) is 6.42 Å². The molecule has 15 heavy (non-hydrogen) atoms. The third kappa shape index (κ3) is 2.87. The van der Waals surface area contributed by atoms with Crippen molar-refractivity contribution in [3.63, 3.8) is 0 Å². The van der Waals surface area contributed by atoms with E-state index >= 15 is 0 Å². The minimum atomic E-state index is 0.360. The first-order valence-electron chi connectivity index (χ1n) is 4.50. The van der Waals surface area contributed by atoms with Gasteiger partial charge in [0, 0.05) is 12.6 Å². The number of rotatable bonds is 4. The molecule has 0 bridgehead atoms. The molecule has 2 N–H and O–H groups in total. The van der Waals surface area contributed by atoms with Crippen LogP contribution in [-0.4, -0.2) is 26.8 Å². The van der Waals surface area contributed by atoms with Crippen LogP contribution in [0.2, 0.25) is 0 Å². The highest BCUT2D eigenvalue weighted by Gasteiger charge is 1.91. The molecule has 0 saturated carbocycles. The normalized spacial score (nSPS) is 10.7. The molecule has 0 aliphatic carbocycles. The van der Waals surface area contributed by atoms with E-state index in [1.165, 1.54) is 5.56 Å². The highest BCUT2D eigenvalue weighted by molar-refractivity contribution is 5.62. The predicted octanol–water partition coefficient (Wildman–Crippen LogP) is 0.840. The lowest BCUT2D eigenvalue weighted by molar-refractivity contribution is 0.881. The second-order valence-electron chi connectivity index (χ2n) is 2.85. The van der Waals surface area contributed by atoms with Gasteiger partial charge < -0.3 is 0 Å². The number of nitrogens with one attached hydrogen (secondary N) is 2. The van der Waals surface area contributed by atoms with E-state index < -0.39 is 0 Å². The van der Waals surface area contributed by atoms with Crippen molar-refractivity contribution in [3.05, 3.63) is 35.9 Å². The molecule has 6 heteroatoms. The van der Waals surface area contributed by atoms with Crippen molar-refractivity contribution >= 4 is 12.2 Å². The number of aromatic amines is 1. The van der Waals surface area contributed by atoms with Gasteiger partial charge in [0.1, 0.15) is 0 Å². The molecule has 0 radical (unpaired) electrons. The van der Waals surface area contributed by atoms with Crippen LogP contribution >= 0.6 is 0 Å². The predicted molar refractivity (Wildman–Crippen MR) is 56.4 cm³/mol. The molecule has 6 nitrogen and oxygen atoms in total. The Morgan fingerprint density at radius 2 is 2.20 bits per heavy atom. The second kappa shape index (κ2) is 4.85. The van der Waals surface area contributed by atoms with Crippen molar-refractivity contribution in [2.75, 3.05) is 5.43 Å². The fourth-order valence-electron chi connectivity index (χ4n) is 1.08. The maximum absolute atomic E-state index is 3.95. The van der Waals surface area contributed by atoms with Gasteiger partial charge >= 0.3 is 0 Å². The number of benzene rings is 1. The molecule has 76 valence electrons. The summed E-state index contributed by atoms with van der Waals surface area (Å²) in [6, 6.07) is 10.1. The van der Waals surface area contributed by atoms with Crippen LogP contribution in [0.5, 0.6) is 0 Å². The van der Waals surface area contributed by atoms with Crippen LogP contribution in [0.4, 0.5) is 5.95 Å². The Morgan fingerprint density at radius 1 is 1.33 bits per heavy atom. The van der Waals surface area contributed by atoms with Crippen LogP contribution in [0.15, 0.2) is 35.4 Å². The van der Waals surface area contributed by atoms with E-state index in [9.17, 15) is 0 Å². The molecule has 0 atom stereocenters. The van der Waals surface area contributed by atoms with E-state index in [0.717, 1.165) is 6.42 Å².